The van der Waals surface area contributed by atoms with Gasteiger partial charge < -0.3 is 10.1 Å². The van der Waals surface area contributed by atoms with Crippen LogP contribution in [-0.4, -0.2) is 32.1 Å². The van der Waals surface area contributed by atoms with Crippen molar-refractivity contribution in [3.63, 3.8) is 0 Å². The van der Waals surface area contributed by atoms with E-state index in [0.717, 1.165) is 25.5 Å². The summed E-state index contributed by atoms with van der Waals surface area (Å²) in [6, 6.07) is 0.502. The van der Waals surface area contributed by atoms with Crippen molar-refractivity contribution in [1.29, 1.82) is 0 Å². The molecule has 0 fully saturated rings. The Kier molecular flexibility index (Phi) is 3.31. The van der Waals surface area contributed by atoms with Gasteiger partial charge in [0, 0.05) is 11.5 Å². The Morgan fingerprint density at radius 3 is 2.77 bits per heavy atom. The zero-order chi connectivity index (χ0) is 9.90. The van der Waals surface area contributed by atoms with E-state index in [1.165, 1.54) is 0 Å². The summed E-state index contributed by atoms with van der Waals surface area (Å²) >= 11 is 0. The van der Waals surface area contributed by atoms with Crippen LogP contribution < -0.4 is 5.32 Å². The van der Waals surface area contributed by atoms with Crippen LogP contribution in [0.5, 0.6) is 0 Å². The third-order valence-electron chi connectivity index (χ3n) is 2.47. The van der Waals surface area contributed by atoms with Gasteiger partial charge in [-0.15, -0.1) is 0 Å². The lowest BCUT2D eigenvalue weighted by Crippen LogP contribution is -2.33. The number of hydrogen-bond acceptors (Lipinski definition) is 3. The van der Waals surface area contributed by atoms with E-state index in [1.807, 2.05) is 7.05 Å². The van der Waals surface area contributed by atoms with E-state index in [1.54, 1.807) is 0 Å². The molecule has 1 aliphatic heterocycles. The number of ether oxygens (including phenoxy) is 1. The van der Waals surface area contributed by atoms with Crippen molar-refractivity contribution in [1.82, 2.24) is 5.32 Å². The van der Waals surface area contributed by atoms with E-state index >= 15 is 0 Å². The Morgan fingerprint density at radius 2 is 2.31 bits per heavy atom. The lowest BCUT2D eigenvalue weighted by atomic mass is 9.86. The maximum atomic E-state index is 5.49. The summed E-state index contributed by atoms with van der Waals surface area (Å²) in [6.07, 6.45) is 1.06. The Hall–Kier alpha value is -0.570. The number of nitrogens with one attached hydrogen (secondary N) is 1. The Morgan fingerprint density at radius 1 is 1.62 bits per heavy atom. The summed E-state index contributed by atoms with van der Waals surface area (Å²) in [6.45, 7) is 8.13. The van der Waals surface area contributed by atoms with Crippen LogP contribution in [-0.2, 0) is 4.74 Å². The third kappa shape index (κ3) is 2.69. The van der Waals surface area contributed by atoms with Crippen LogP contribution >= 0.6 is 0 Å². The van der Waals surface area contributed by atoms with Gasteiger partial charge >= 0.3 is 0 Å². The molecule has 0 spiro atoms. The Labute approximate surface area is 80.6 Å². The summed E-state index contributed by atoms with van der Waals surface area (Å²) in [5.41, 5.74) is 0.0684. The fraction of sp³-hybridized carbons (Fsp3) is 0.900. The normalized spacial score (nSPS) is 19.5. The van der Waals surface area contributed by atoms with E-state index in [9.17, 15) is 0 Å². The molecule has 0 amide bonds. The van der Waals surface area contributed by atoms with Crippen LogP contribution in [0.4, 0.5) is 0 Å². The second kappa shape index (κ2) is 4.09. The van der Waals surface area contributed by atoms with Crippen molar-refractivity contribution in [2.75, 3.05) is 20.2 Å². The standard InChI is InChI=1S/C10H20N2O/c1-8(11-4)7-10(2,3)9-12-5-6-13-9/h8,11H,5-7H2,1-4H3. The second-order valence-electron chi connectivity index (χ2n) is 4.31. The van der Waals surface area contributed by atoms with Crippen molar-refractivity contribution >= 4 is 5.90 Å². The molecule has 1 N–H and O–H groups in total. The van der Waals surface area contributed by atoms with Crippen LogP contribution in [0.15, 0.2) is 4.99 Å². The molecule has 1 unspecified atom stereocenters. The Balaban J connectivity index is 2.54. The fourth-order valence-electron chi connectivity index (χ4n) is 1.70. The van der Waals surface area contributed by atoms with Crippen LogP contribution in [0.25, 0.3) is 0 Å². The second-order valence-corrected chi connectivity index (χ2v) is 4.31. The molecular formula is C10H20N2O. The monoisotopic (exact) mass is 184 g/mol. The summed E-state index contributed by atoms with van der Waals surface area (Å²) in [5.74, 6) is 0.926. The number of hydrogen-bond donors (Lipinski definition) is 1. The van der Waals surface area contributed by atoms with E-state index < -0.39 is 0 Å². The van der Waals surface area contributed by atoms with E-state index in [4.69, 9.17) is 4.74 Å². The van der Waals surface area contributed by atoms with Crippen molar-refractivity contribution in [3.05, 3.63) is 0 Å². The van der Waals surface area contributed by atoms with Gasteiger partial charge in [-0.1, -0.05) is 13.8 Å². The minimum atomic E-state index is 0.0684. The third-order valence-corrected chi connectivity index (χ3v) is 2.47. The maximum Gasteiger partial charge on any atom is 0.189 e. The minimum Gasteiger partial charge on any atom is -0.479 e. The molecule has 1 aliphatic rings. The highest BCUT2D eigenvalue weighted by Crippen LogP contribution is 2.26. The van der Waals surface area contributed by atoms with E-state index in [2.05, 4.69) is 31.1 Å². The molecular weight excluding hydrogens is 164 g/mol. The van der Waals surface area contributed by atoms with Crippen LogP contribution in [0, 0.1) is 5.41 Å². The molecule has 3 nitrogen and oxygen atoms in total. The van der Waals surface area contributed by atoms with Gasteiger partial charge in [0.15, 0.2) is 5.90 Å². The average molecular weight is 184 g/mol. The molecule has 0 aromatic carbocycles. The summed E-state index contributed by atoms with van der Waals surface area (Å²) in [4.78, 5) is 4.36. The van der Waals surface area contributed by atoms with Gasteiger partial charge in [0.05, 0.1) is 6.54 Å². The molecule has 0 aliphatic carbocycles. The first-order valence-electron chi connectivity index (χ1n) is 4.91. The van der Waals surface area contributed by atoms with Crippen molar-refractivity contribution < 1.29 is 4.74 Å². The highest BCUT2D eigenvalue weighted by Gasteiger charge is 2.30. The smallest absolute Gasteiger partial charge is 0.189 e. The first-order valence-corrected chi connectivity index (χ1v) is 4.91. The maximum absolute atomic E-state index is 5.49. The summed E-state index contributed by atoms with van der Waals surface area (Å²) in [7, 11) is 1.98. The molecule has 0 radical (unpaired) electrons. The highest BCUT2D eigenvalue weighted by molar-refractivity contribution is 5.83. The van der Waals surface area contributed by atoms with Crippen LogP contribution in [0.1, 0.15) is 27.2 Å². The molecule has 0 bridgehead atoms. The Bertz CT molecular complexity index is 199. The highest BCUT2D eigenvalue weighted by atomic mass is 16.5. The lowest BCUT2D eigenvalue weighted by molar-refractivity contribution is 0.274. The molecule has 0 aromatic rings. The molecule has 76 valence electrons. The molecule has 1 rings (SSSR count). The van der Waals surface area contributed by atoms with Gasteiger partial charge in [-0.2, -0.15) is 0 Å². The molecule has 1 heterocycles. The number of nitrogens with zero attached hydrogens (tertiary/aromatic N) is 1. The van der Waals surface area contributed by atoms with Gasteiger partial charge in [0.1, 0.15) is 6.61 Å². The SMILES string of the molecule is CNC(C)CC(C)(C)C1=NCCO1. The van der Waals surface area contributed by atoms with Gasteiger partial charge in [-0.05, 0) is 20.4 Å². The van der Waals surface area contributed by atoms with Gasteiger partial charge in [0.25, 0.3) is 0 Å². The average Bonchev–Trinajstić information content (AvgIpc) is 2.55. The van der Waals surface area contributed by atoms with Gasteiger partial charge in [0.2, 0.25) is 0 Å². The number of aliphatic imine (C=N–C) groups is 1. The molecule has 0 saturated carbocycles. The minimum absolute atomic E-state index is 0.0684. The van der Waals surface area contributed by atoms with Crippen molar-refractivity contribution in [2.24, 2.45) is 10.4 Å². The predicted octanol–water partition coefficient (Wildman–Crippen LogP) is 1.44. The molecule has 0 aromatic heterocycles. The molecule has 0 saturated heterocycles. The quantitative estimate of drug-likeness (QED) is 0.717. The lowest BCUT2D eigenvalue weighted by Gasteiger charge is -2.26. The van der Waals surface area contributed by atoms with Crippen LogP contribution in [0.3, 0.4) is 0 Å². The predicted molar refractivity (Wildman–Crippen MR) is 55.2 cm³/mol. The zero-order valence-electron chi connectivity index (χ0n) is 9.05. The van der Waals surface area contributed by atoms with Crippen molar-refractivity contribution in [3.8, 4) is 0 Å². The van der Waals surface area contributed by atoms with Crippen molar-refractivity contribution in [2.45, 2.75) is 33.2 Å². The zero-order valence-corrected chi connectivity index (χ0v) is 9.05. The van der Waals surface area contributed by atoms with E-state index in [-0.39, 0.29) is 5.41 Å². The summed E-state index contributed by atoms with van der Waals surface area (Å²) < 4.78 is 5.49. The first kappa shape index (κ1) is 10.5. The summed E-state index contributed by atoms with van der Waals surface area (Å²) in [5, 5.41) is 3.23. The fourth-order valence-corrected chi connectivity index (χ4v) is 1.70. The van der Waals surface area contributed by atoms with Crippen LogP contribution in [0.2, 0.25) is 0 Å². The van der Waals surface area contributed by atoms with E-state index in [0.29, 0.717) is 6.04 Å². The van der Waals surface area contributed by atoms with Gasteiger partial charge in [-0.3, -0.25) is 4.99 Å². The largest absolute Gasteiger partial charge is 0.479 e. The number of rotatable bonds is 4. The molecule has 13 heavy (non-hydrogen) atoms. The molecule has 3 heteroatoms. The first-order chi connectivity index (χ1) is 6.06. The molecule has 1 atom stereocenters. The van der Waals surface area contributed by atoms with Gasteiger partial charge in [-0.25, -0.2) is 0 Å². The topological polar surface area (TPSA) is 33.6 Å².